The molecule has 0 heterocycles. The van der Waals surface area contributed by atoms with Gasteiger partial charge in [0.05, 0.1) is 5.56 Å². The van der Waals surface area contributed by atoms with E-state index in [1.807, 2.05) is 6.07 Å². The molecule has 0 saturated heterocycles. The lowest BCUT2D eigenvalue weighted by molar-refractivity contribution is 0.142. The van der Waals surface area contributed by atoms with Crippen LogP contribution in [0.5, 0.6) is 0 Å². The Hall–Kier alpha value is -1.44. The van der Waals surface area contributed by atoms with Crippen molar-refractivity contribution in [2.45, 2.75) is 57.7 Å². The molecule has 2 rings (SSSR count). The third kappa shape index (κ3) is 4.26. The highest BCUT2D eigenvalue weighted by atomic mass is 19.1. The zero-order chi connectivity index (χ0) is 15.2. The van der Waals surface area contributed by atoms with Crippen LogP contribution in [0.25, 0.3) is 0 Å². The Bertz CT molecular complexity index is 501. The Balaban J connectivity index is 2.07. The van der Waals surface area contributed by atoms with E-state index in [0.29, 0.717) is 12.1 Å². The van der Waals surface area contributed by atoms with E-state index in [1.165, 1.54) is 6.07 Å². The zero-order valence-corrected chi connectivity index (χ0v) is 12.7. The monoisotopic (exact) mass is 289 g/mol. The van der Waals surface area contributed by atoms with Gasteiger partial charge in [-0.1, -0.05) is 13.0 Å². The van der Waals surface area contributed by atoms with Gasteiger partial charge >= 0.3 is 0 Å². The van der Waals surface area contributed by atoms with Gasteiger partial charge < -0.3 is 5.73 Å². The van der Waals surface area contributed by atoms with Gasteiger partial charge in [-0.15, -0.1) is 0 Å². The standard InChI is InChI=1S/C17H24FN3/c1-2-9-21(16-6-4-15(20)5-7-16)12-13-3-8-17(18)14(10-13)11-19/h3,8,10,15-16H,2,4-7,9,12,20H2,1H3. The van der Waals surface area contributed by atoms with Crippen LogP contribution in [-0.4, -0.2) is 23.5 Å². The van der Waals surface area contributed by atoms with Gasteiger partial charge in [0, 0.05) is 18.6 Å². The van der Waals surface area contributed by atoms with Crippen molar-refractivity contribution in [2.75, 3.05) is 6.54 Å². The van der Waals surface area contributed by atoms with Crippen LogP contribution in [0.1, 0.15) is 50.2 Å². The lowest BCUT2D eigenvalue weighted by atomic mass is 9.90. The predicted octanol–water partition coefficient (Wildman–Crippen LogP) is 3.18. The maximum absolute atomic E-state index is 13.4. The van der Waals surface area contributed by atoms with Crippen molar-refractivity contribution in [3.8, 4) is 6.07 Å². The smallest absolute Gasteiger partial charge is 0.140 e. The van der Waals surface area contributed by atoms with Crippen LogP contribution in [0.4, 0.5) is 4.39 Å². The molecule has 0 aliphatic heterocycles. The first-order valence-corrected chi connectivity index (χ1v) is 7.82. The molecule has 2 N–H and O–H groups in total. The van der Waals surface area contributed by atoms with Gasteiger partial charge in [-0.25, -0.2) is 4.39 Å². The summed E-state index contributed by atoms with van der Waals surface area (Å²) in [7, 11) is 0. The molecule has 1 aromatic rings. The minimum absolute atomic E-state index is 0.134. The molecular weight excluding hydrogens is 265 g/mol. The first-order valence-electron chi connectivity index (χ1n) is 7.82. The first-order chi connectivity index (χ1) is 10.1. The minimum Gasteiger partial charge on any atom is -0.328 e. The summed E-state index contributed by atoms with van der Waals surface area (Å²) in [6, 6.07) is 7.68. The second-order valence-electron chi connectivity index (χ2n) is 5.97. The average molecular weight is 289 g/mol. The van der Waals surface area contributed by atoms with Crippen molar-refractivity contribution in [1.29, 1.82) is 5.26 Å². The molecule has 0 amide bonds. The SMILES string of the molecule is CCCN(Cc1ccc(F)c(C#N)c1)C1CCC(N)CC1. The summed E-state index contributed by atoms with van der Waals surface area (Å²) in [5.74, 6) is -0.438. The highest BCUT2D eigenvalue weighted by Gasteiger charge is 2.24. The number of hydrogen-bond acceptors (Lipinski definition) is 3. The molecule has 1 saturated carbocycles. The lowest BCUT2D eigenvalue weighted by Crippen LogP contribution is -2.40. The molecule has 0 aromatic heterocycles. The van der Waals surface area contributed by atoms with Crippen LogP contribution in [0, 0.1) is 17.1 Å². The van der Waals surface area contributed by atoms with E-state index in [1.54, 1.807) is 12.1 Å². The summed E-state index contributed by atoms with van der Waals surface area (Å²) in [4.78, 5) is 2.46. The van der Waals surface area contributed by atoms with Gasteiger partial charge in [0.1, 0.15) is 11.9 Å². The molecular formula is C17H24FN3. The van der Waals surface area contributed by atoms with Gasteiger partial charge in [-0.2, -0.15) is 5.26 Å². The zero-order valence-electron chi connectivity index (χ0n) is 12.7. The van der Waals surface area contributed by atoms with E-state index in [0.717, 1.165) is 50.8 Å². The number of rotatable bonds is 5. The molecule has 21 heavy (non-hydrogen) atoms. The molecule has 0 radical (unpaired) electrons. The predicted molar refractivity (Wildman–Crippen MR) is 82.0 cm³/mol. The van der Waals surface area contributed by atoms with E-state index in [9.17, 15) is 4.39 Å². The molecule has 1 aliphatic carbocycles. The van der Waals surface area contributed by atoms with E-state index in [-0.39, 0.29) is 5.56 Å². The molecule has 0 bridgehead atoms. The number of hydrogen-bond donors (Lipinski definition) is 1. The van der Waals surface area contributed by atoms with E-state index in [4.69, 9.17) is 11.0 Å². The molecule has 0 unspecified atom stereocenters. The van der Waals surface area contributed by atoms with Gasteiger partial charge in [-0.05, 0) is 56.3 Å². The van der Waals surface area contributed by atoms with Gasteiger partial charge in [0.25, 0.3) is 0 Å². The van der Waals surface area contributed by atoms with Crippen LogP contribution in [0.3, 0.4) is 0 Å². The Morgan fingerprint density at radius 1 is 1.33 bits per heavy atom. The average Bonchev–Trinajstić information content (AvgIpc) is 2.49. The number of benzene rings is 1. The normalized spacial score (nSPS) is 22.2. The largest absolute Gasteiger partial charge is 0.328 e. The molecule has 1 aromatic carbocycles. The van der Waals surface area contributed by atoms with E-state index in [2.05, 4.69) is 11.8 Å². The fourth-order valence-electron chi connectivity index (χ4n) is 3.14. The third-order valence-electron chi connectivity index (χ3n) is 4.31. The summed E-state index contributed by atoms with van der Waals surface area (Å²) >= 11 is 0. The van der Waals surface area contributed by atoms with Crippen molar-refractivity contribution in [1.82, 2.24) is 4.90 Å². The highest BCUT2D eigenvalue weighted by molar-refractivity contribution is 5.34. The van der Waals surface area contributed by atoms with E-state index >= 15 is 0 Å². The van der Waals surface area contributed by atoms with Crippen LogP contribution in [0.15, 0.2) is 18.2 Å². The Kier molecular flexibility index (Phi) is 5.72. The van der Waals surface area contributed by atoms with Crippen molar-refractivity contribution in [3.63, 3.8) is 0 Å². The van der Waals surface area contributed by atoms with Crippen molar-refractivity contribution >= 4 is 0 Å². The molecule has 3 nitrogen and oxygen atoms in total. The summed E-state index contributed by atoms with van der Waals surface area (Å²) in [5, 5.41) is 8.94. The summed E-state index contributed by atoms with van der Waals surface area (Å²) < 4.78 is 13.4. The number of nitrogens with two attached hydrogens (primary N) is 1. The Labute approximate surface area is 126 Å². The van der Waals surface area contributed by atoms with Crippen LogP contribution in [-0.2, 0) is 6.54 Å². The molecule has 0 spiro atoms. The maximum atomic E-state index is 13.4. The summed E-state index contributed by atoms with van der Waals surface area (Å²) in [6.45, 7) is 3.98. The fourth-order valence-corrected chi connectivity index (χ4v) is 3.14. The molecule has 1 aliphatic rings. The van der Waals surface area contributed by atoms with Crippen LogP contribution in [0.2, 0.25) is 0 Å². The second-order valence-corrected chi connectivity index (χ2v) is 5.97. The minimum atomic E-state index is -0.438. The van der Waals surface area contributed by atoms with Crippen molar-refractivity contribution < 1.29 is 4.39 Å². The fraction of sp³-hybridized carbons (Fsp3) is 0.588. The number of halogens is 1. The summed E-state index contributed by atoms with van der Waals surface area (Å²) in [5.41, 5.74) is 7.13. The summed E-state index contributed by atoms with van der Waals surface area (Å²) in [6.07, 6.45) is 5.52. The lowest BCUT2D eigenvalue weighted by Gasteiger charge is -2.36. The topological polar surface area (TPSA) is 53.0 Å². The Morgan fingerprint density at radius 3 is 2.67 bits per heavy atom. The molecule has 4 heteroatoms. The quantitative estimate of drug-likeness (QED) is 0.905. The molecule has 0 atom stereocenters. The maximum Gasteiger partial charge on any atom is 0.140 e. The molecule has 114 valence electrons. The van der Waals surface area contributed by atoms with Crippen LogP contribution < -0.4 is 5.73 Å². The van der Waals surface area contributed by atoms with Crippen molar-refractivity contribution in [2.24, 2.45) is 5.73 Å². The highest BCUT2D eigenvalue weighted by Crippen LogP contribution is 2.24. The third-order valence-corrected chi connectivity index (χ3v) is 4.31. The van der Waals surface area contributed by atoms with Gasteiger partial charge in [-0.3, -0.25) is 4.90 Å². The molecule has 1 fully saturated rings. The van der Waals surface area contributed by atoms with Crippen molar-refractivity contribution in [3.05, 3.63) is 35.1 Å². The number of nitrogens with zero attached hydrogens (tertiary/aromatic N) is 2. The van der Waals surface area contributed by atoms with Crippen LogP contribution >= 0.6 is 0 Å². The van der Waals surface area contributed by atoms with E-state index < -0.39 is 5.82 Å². The second kappa shape index (κ2) is 7.53. The Morgan fingerprint density at radius 2 is 2.05 bits per heavy atom. The first kappa shape index (κ1) is 15.9. The van der Waals surface area contributed by atoms with Gasteiger partial charge in [0.2, 0.25) is 0 Å². The number of nitriles is 1. The van der Waals surface area contributed by atoms with Gasteiger partial charge in [0.15, 0.2) is 0 Å².